The maximum Gasteiger partial charge on any atom is 0.333 e. The largest absolute Gasteiger partial charge is 0.466 e. The molecule has 15 heavy (non-hydrogen) atoms. The number of hydrogen-bond donors (Lipinski definition) is 1. The lowest BCUT2D eigenvalue weighted by molar-refractivity contribution is -0.136. The molecule has 1 aliphatic heterocycles. The van der Waals surface area contributed by atoms with E-state index in [9.17, 15) is 9.90 Å². The van der Waals surface area contributed by atoms with Gasteiger partial charge in [0.15, 0.2) is 0 Å². The van der Waals surface area contributed by atoms with Crippen molar-refractivity contribution in [3.63, 3.8) is 0 Å². The van der Waals surface area contributed by atoms with Gasteiger partial charge in [-0.3, -0.25) is 4.90 Å². The summed E-state index contributed by atoms with van der Waals surface area (Å²) in [4.78, 5) is 13.2. The Balaban J connectivity index is 2.41. The number of rotatable bonds is 3. The number of β-amino-alcohol motifs (C(OH)–C–C–N with tert-alkyl or cyclic N) is 1. The molecule has 1 aliphatic rings. The molecule has 1 fully saturated rings. The highest BCUT2D eigenvalue weighted by Crippen LogP contribution is 2.19. The summed E-state index contributed by atoms with van der Waals surface area (Å²) in [5.41, 5.74) is 0.0385. The predicted octanol–water partition coefficient (Wildman–Crippen LogP) is 0.562. The number of aliphatic hydroxyl groups is 1. The van der Waals surface area contributed by atoms with E-state index in [4.69, 9.17) is 0 Å². The van der Waals surface area contributed by atoms with Crippen molar-refractivity contribution in [2.45, 2.75) is 25.9 Å². The minimum Gasteiger partial charge on any atom is -0.466 e. The van der Waals surface area contributed by atoms with Crippen LogP contribution in [0.15, 0.2) is 11.6 Å². The molecule has 0 bridgehead atoms. The highest BCUT2D eigenvalue weighted by Gasteiger charge is 2.30. The van der Waals surface area contributed by atoms with E-state index >= 15 is 0 Å². The number of ether oxygens (including phenoxy) is 1. The third-order valence-corrected chi connectivity index (χ3v) is 2.69. The van der Waals surface area contributed by atoms with Gasteiger partial charge in [-0.1, -0.05) is 6.08 Å². The van der Waals surface area contributed by atoms with Crippen LogP contribution in [0.1, 0.15) is 20.3 Å². The van der Waals surface area contributed by atoms with Crippen LogP contribution >= 0.6 is 0 Å². The van der Waals surface area contributed by atoms with Crippen molar-refractivity contribution in [2.75, 3.05) is 26.7 Å². The quantitative estimate of drug-likeness (QED) is 0.550. The van der Waals surface area contributed by atoms with Gasteiger partial charge < -0.3 is 9.84 Å². The van der Waals surface area contributed by atoms with Crippen molar-refractivity contribution in [3.8, 4) is 0 Å². The molecule has 1 atom stereocenters. The van der Waals surface area contributed by atoms with E-state index in [1.165, 1.54) is 7.11 Å². The normalized spacial score (nSPS) is 28.1. The van der Waals surface area contributed by atoms with Gasteiger partial charge in [0.1, 0.15) is 0 Å². The van der Waals surface area contributed by atoms with E-state index in [2.05, 4.69) is 9.64 Å². The molecular formula is C11H19NO3. The Kier molecular flexibility index (Phi) is 3.88. The maximum absolute atomic E-state index is 11.1. The number of carbonyl (C=O) groups excluding carboxylic acids is 1. The zero-order chi connectivity index (χ0) is 11.5. The molecule has 4 heteroatoms. The summed E-state index contributed by atoms with van der Waals surface area (Å²) in [5, 5.41) is 9.73. The fourth-order valence-corrected chi connectivity index (χ4v) is 1.70. The van der Waals surface area contributed by atoms with E-state index in [1.54, 1.807) is 6.92 Å². The number of likely N-dealkylation sites (tertiary alicyclic amines) is 1. The molecule has 0 aliphatic carbocycles. The average Bonchev–Trinajstić information content (AvgIpc) is 2.53. The van der Waals surface area contributed by atoms with Gasteiger partial charge in [0, 0.05) is 25.2 Å². The van der Waals surface area contributed by atoms with Crippen LogP contribution in [0.2, 0.25) is 0 Å². The SMILES string of the molecule is COC(=O)C(C)=CCN1CCC(C)(O)C1. The van der Waals surface area contributed by atoms with Crippen molar-refractivity contribution in [1.29, 1.82) is 0 Å². The molecule has 0 radical (unpaired) electrons. The first kappa shape index (κ1) is 12.2. The summed E-state index contributed by atoms with van der Waals surface area (Å²) in [6.45, 7) is 5.80. The van der Waals surface area contributed by atoms with E-state index in [1.807, 2.05) is 13.0 Å². The fourth-order valence-electron chi connectivity index (χ4n) is 1.70. The molecule has 1 heterocycles. The molecule has 86 valence electrons. The first-order valence-corrected chi connectivity index (χ1v) is 5.14. The van der Waals surface area contributed by atoms with E-state index in [-0.39, 0.29) is 5.97 Å². The van der Waals surface area contributed by atoms with Crippen molar-refractivity contribution in [1.82, 2.24) is 4.90 Å². The van der Waals surface area contributed by atoms with Gasteiger partial charge in [0.25, 0.3) is 0 Å². The van der Waals surface area contributed by atoms with Crippen LogP contribution in [-0.2, 0) is 9.53 Å². The van der Waals surface area contributed by atoms with Crippen molar-refractivity contribution in [3.05, 3.63) is 11.6 Å². The molecule has 0 aromatic carbocycles. The van der Waals surface area contributed by atoms with Crippen LogP contribution in [-0.4, -0.2) is 48.3 Å². The number of carbonyl (C=O) groups is 1. The minimum atomic E-state index is -0.576. The molecule has 1 rings (SSSR count). The van der Waals surface area contributed by atoms with Gasteiger partial charge in [-0.15, -0.1) is 0 Å². The Labute approximate surface area is 90.5 Å². The van der Waals surface area contributed by atoms with E-state index in [0.29, 0.717) is 18.7 Å². The molecular weight excluding hydrogens is 194 g/mol. The Bertz CT molecular complexity index is 271. The summed E-state index contributed by atoms with van der Waals surface area (Å²) in [6.07, 6.45) is 2.63. The third kappa shape index (κ3) is 3.64. The lowest BCUT2D eigenvalue weighted by atomic mass is 10.1. The van der Waals surface area contributed by atoms with Crippen LogP contribution in [0.3, 0.4) is 0 Å². The predicted molar refractivity (Wildman–Crippen MR) is 57.5 cm³/mol. The molecule has 0 saturated carbocycles. The van der Waals surface area contributed by atoms with Crippen LogP contribution in [0.4, 0.5) is 0 Å². The zero-order valence-electron chi connectivity index (χ0n) is 9.62. The highest BCUT2D eigenvalue weighted by atomic mass is 16.5. The van der Waals surface area contributed by atoms with Crippen molar-refractivity contribution < 1.29 is 14.6 Å². The number of hydrogen-bond acceptors (Lipinski definition) is 4. The van der Waals surface area contributed by atoms with E-state index < -0.39 is 5.60 Å². The van der Waals surface area contributed by atoms with Crippen LogP contribution in [0.25, 0.3) is 0 Å². The van der Waals surface area contributed by atoms with E-state index in [0.717, 1.165) is 13.0 Å². The second kappa shape index (κ2) is 4.77. The van der Waals surface area contributed by atoms with Gasteiger partial charge in [-0.05, 0) is 20.3 Å². The zero-order valence-corrected chi connectivity index (χ0v) is 9.62. The average molecular weight is 213 g/mol. The van der Waals surface area contributed by atoms with Gasteiger partial charge in [-0.2, -0.15) is 0 Å². The Morgan fingerprint density at radius 2 is 2.33 bits per heavy atom. The molecule has 1 unspecified atom stereocenters. The van der Waals surface area contributed by atoms with Gasteiger partial charge >= 0.3 is 5.97 Å². The van der Waals surface area contributed by atoms with Crippen molar-refractivity contribution in [2.24, 2.45) is 0 Å². The van der Waals surface area contributed by atoms with Crippen LogP contribution in [0, 0.1) is 0 Å². The second-order valence-corrected chi connectivity index (χ2v) is 4.36. The molecule has 0 aromatic heterocycles. The first-order valence-electron chi connectivity index (χ1n) is 5.14. The number of nitrogens with zero attached hydrogens (tertiary/aromatic N) is 1. The topological polar surface area (TPSA) is 49.8 Å². The number of methoxy groups -OCH3 is 1. The maximum atomic E-state index is 11.1. The molecule has 1 saturated heterocycles. The Morgan fingerprint density at radius 1 is 1.67 bits per heavy atom. The smallest absolute Gasteiger partial charge is 0.333 e. The van der Waals surface area contributed by atoms with Gasteiger partial charge in [-0.25, -0.2) is 4.79 Å². The van der Waals surface area contributed by atoms with Crippen molar-refractivity contribution >= 4 is 5.97 Å². The summed E-state index contributed by atoms with van der Waals surface area (Å²) in [7, 11) is 1.38. The second-order valence-electron chi connectivity index (χ2n) is 4.36. The van der Waals surface area contributed by atoms with Crippen LogP contribution < -0.4 is 0 Å². The molecule has 0 spiro atoms. The summed E-state index contributed by atoms with van der Waals surface area (Å²) in [5.74, 6) is -0.291. The Hall–Kier alpha value is -0.870. The lowest BCUT2D eigenvalue weighted by Gasteiger charge is -2.17. The van der Waals surface area contributed by atoms with Gasteiger partial charge in [0.2, 0.25) is 0 Å². The molecule has 1 N–H and O–H groups in total. The molecule has 0 aromatic rings. The summed E-state index contributed by atoms with van der Waals surface area (Å²) < 4.78 is 4.59. The standard InChI is InChI=1S/C11H19NO3/c1-9(10(13)15-3)4-6-12-7-5-11(2,14)8-12/h4,14H,5-8H2,1-3H3. The van der Waals surface area contributed by atoms with Gasteiger partial charge in [0.05, 0.1) is 12.7 Å². The third-order valence-electron chi connectivity index (χ3n) is 2.69. The minimum absolute atomic E-state index is 0.291. The number of esters is 1. The summed E-state index contributed by atoms with van der Waals surface area (Å²) >= 11 is 0. The molecule has 0 amide bonds. The lowest BCUT2D eigenvalue weighted by Crippen LogP contribution is -2.29. The first-order chi connectivity index (χ1) is 6.94. The van der Waals surface area contributed by atoms with Crippen LogP contribution in [0.5, 0.6) is 0 Å². The highest BCUT2D eigenvalue weighted by molar-refractivity contribution is 5.87. The fraction of sp³-hybridized carbons (Fsp3) is 0.727. The molecule has 4 nitrogen and oxygen atoms in total. The summed E-state index contributed by atoms with van der Waals surface area (Å²) in [6, 6.07) is 0. The Morgan fingerprint density at radius 3 is 2.80 bits per heavy atom. The monoisotopic (exact) mass is 213 g/mol.